The fourth-order valence-corrected chi connectivity index (χ4v) is 4.02. The molecule has 1 aromatic heterocycles. The summed E-state index contributed by atoms with van der Waals surface area (Å²) in [4.78, 5) is 12.5. The van der Waals surface area contributed by atoms with E-state index >= 15 is 0 Å². The van der Waals surface area contributed by atoms with E-state index in [0.717, 1.165) is 29.5 Å². The van der Waals surface area contributed by atoms with E-state index < -0.39 is 0 Å². The van der Waals surface area contributed by atoms with Crippen molar-refractivity contribution in [1.29, 1.82) is 0 Å². The van der Waals surface area contributed by atoms with Crippen molar-refractivity contribution in [2.45, 2.75) is 51.9 Å². The molecule has 6 heteroatoms. The lowest BCUT2D eigenvalue weighted by Gasteiger charge is -2.15. The first kappa shape index (κ1) is 21.1. The van der Waals surface area contributed by atoms with Crippen LogP contribution in [0.25, 0.3) is 0 Å². The van der Waals surface area contributed by atoms with E-state index in [-0.39, 0.29) is 11.9 Å². The van der Waals surface area contributed by atoms with Crippen molar-refractivity contribution in [1.82, 2.24) is 20.1 Å². The van der Waals surface area contributed by atoms with Crippen LogP contribution in [0, 0.1) is 13.8 Å². The molecule has 1 unspecified atom stereocenters. The Hall–Kier alpha value is -2.60. The standard InChI is InChI=1S/C23H28N4OS/c1-5-27-21(14-19-9-7-6-8-10-19)25-26-23(27)29-15-22(28)24-18(4)20-12-11-16(2)17(3)13-20/h6-13,18H,5,14-15H2,1-4H3,(H,24,28). The molecule has 0 spiro atoms. The molecule has 0 aliphatic heterocycles. The van der Waals surface area contributed by atoms with E-state index in [1.54, 1.807) is 0 Å². The third-order valence-electron chi connectivity index (χ3n) is 5.06. The van der Waals surface area contributed by atoms with Crippen LogP contribution in [0.4, 0.5) is 0 Å². The van der Waals surface area contributed by atoms with E-state index in [1.807, 2.05) is 25.1 Å². The maximum absolute atomic E-state index is 12.5. The molecule has 1 N–H and O–H groups in total. The van der Waals surface area contributed by atoms with Crippen LogP contribution in [0.15, 0.2) is 53.7 Å². The largest absolute Gasteiger partial charge is 0.349 e. The summed E-state index contributed by atoms with van der Waals surface area (Å²) in [5.74, 6) is 1.24. The van der Waals surface area contributed by atoms with Gasteiger partial charge in [0.05, 0.1) is 11.8 Å². The third-order valence-corrected chi connectivity index (χ3v) is 6.02. The van der Waals surface area contributed by atoms with Gasteiger partial charge in [-0.15, -0.1) is 10.2 Å². The summed E-state index contributed by atoms with van der Waals surface area (Å²) in [5, 5.41) is 12.5. The summed E-state index contributed by atoms with van der Waals surface area (Å²) in [6.07, 6.45) is 0.734. The summed E-state index contributed by atoms with van der Waals surface area (Å²) in [6, 6.07) is 16.5. The average Bonchev–Trinajstić information content (AvgIpc) is 3.10. The van der Waals surface area contributed by atoms with Crippen LogP contribution in [0.5, 0.6) is 0 Å². The second kappa shape index (κ2) is 9.74. The molecule has 0 fully saturated rings. The minimum absolute atomic E-state index is 0.00371. The van der Waals surface area contributed by atoms with E-state index in [4.69, 9.17) is 0 Å². The zero-order chi connectivity index (χ0) is 20.8. The maximum Gasteiger partial charge on any atom is 0.230 e. The van der Waals surface area contributed by atoms with Gasteiger partial charge < -0.3 is 9.88 Å². The Morgan fingerprint density at radius 3 is 2.55 bits per heavy atom. The molecule has 0 radical (unpaired) electrons. The van der Waals surface area contributed by atoms with Crippen molar-refractivity contribution in [2.24, 2.45) is 0 Å². The summed E-state index contributed by atoms with van der Waals surface area (Å²) < 4.78 is 2.08. The Bertz CT molecular complexity index is 968. The number of benzene rings is 2. The van der Waals surface area contributed by atoms with Gasteiger partial charge in [-0.3, -0.25) is 4.79 Å². The Balaban J connectivity index is 1.59. The van der Waals surface area contributed by atoms with Crippen LogP contribution in [0.1, 0.15) is 48.0 Å². The fraction of sp³-hybridized carbons (Fsp3) is 0.348. The Morgan fingerprint density at radius 1 is 1.10 bits per heavy atom. The predicted molar refractivity (Wildman–Crippen MR) is 118 cm³/mol. The van der Waals surface area contributed by atoms with Gasteiger partial charge in [-0.05, 0) is 49.9 Å². The van der Waals surface area contributed by atoms with Crippen molar-refractivity contribution >= 4 is 17.7 Å². The highest BCUT2D eigenvalue weighted by atomic mass is 32.2. The molecule has 0 bridgehead atoms. The van der Waals surface area contributed by atoms with Gasteiger partial charge in [0.1, 0.15) is 5.82 Å². The predicted octanol–water partition coefficient (Wildman–Crippen LogP) is 4.48. The number of amides is 1. The molecule has 0 saturated heterocycles. The van der Waals surface area contributed by atoms with Gasteiger partial charge in [0, 0.05) is 13.0 Å². The smallest absolute Gasteiger partial charge is 0.230 e. The molecule has 3 aromatic rings. The number of nitrogens with zero attached hydrogens (tertiary/aromatic N) is 3. The number of rotatable bonds is 8. The number of thioether (sulfide) groups is 1. The molecule has 152 valence electrons. The highest BCUT2D eigenvalue weighted by Gasteiger charge is 2.15. The first-order valence-electron chi connectivity index (χ1n) is 9.93. The summed E-state index contributed by atoms with van der Waals surface area (Å²) in [6.45, 7) is 9.05. The molecule has 0 saturated carbocycles. The van der Waals surface area contributed by atoms with Crippen molar-refractivity contribution in [3.63, 3.8) is 0 Å². The molecule has 5 nitrogen and oxygen atoms in total. The second-order valence-corrected chi connectivity index (χ2v) is 8.17. The van der Waals surface area contributed by atoms with E-state index in [1.165, 1.54) is 28.5 Å². The molecule has 2 aromatic carbocycles. The quantitative estimate of drug-likeness (QED) is 0.559. The topological polar surface area (TPSA) is 59.8 Å². The Labute approximate surface area is 176 Å². The van der Waals surface area contributed by atoms with Gasteiger partial charge >= 0.3 is 0 Å². The normalized spacial score (nSPS) is 12.0. The van der Waals surface area contributed by atoms with Crippen LogP contribution in [0.3, 0.4) is 0 Å². The Morgan fingerprint density at radius 2 is 1.86 bits per heavy atom. The SMILES string of the molecule is CCn1c(Cc2ccccc2)nnc1SCC(=O)NC(C)c1ccc(C)c(C)c1. The number of carbonyl (C=O) groups excluding carboxylic acids is 1. The van der Waals surface area contributed by atoms with Crippen LogP contribution in [-0.4, -0.2) is 26.4 Å². The summed E-state index contributed by atoms with van der Waals surface area (Å²) in [7, 11) is 0. The number of aryl methyl sites for hydroxylation is 2. The van der Waals surface area contributed by atoms with Gasteiger partial charge in [0.25, 0.3) is 0 Å². The molecule has 0 aliphatic carbocycles. The molecule has 3 rings (SSSR count). The zero-order valence-corrected chi connectivity index (χ0v) is 18.3. The number of carbonyl (C=O) groups is 1. The van der Waals surface area contributed by atoms with Crippen molar-refractivity contribution in [3.05, 3.63) is 76.6 Å². The lowest BCUT2D eigenvalue weighted by Crippen LogP contribution is -2.28. The van der Waals surface area contributed by atoms with Crippen LogP contribution < -0.4 is 5.32 Å². The molecule has 1 amide bonds. The maximum atomic E-state index is 12.5. The number of nitrogens with one attached hydrogen (secondary N) is 1. The van der Waals surface area contributed by atoms with Gasteiger partial charge in [0.2, 0.25) is 5.91 Å². The second-order valence-electron chi connectivity index (χ2n) is 7.23. The number of aromatic nitrogens is 3. The molecule has 1 atom stereocenters. The van der Waals surface area contributed by atoms with Crippen LogP contribution in [-0.2, 0) is 17.8 Å². The fourth-order valence-electron chi connectivity index (χ4n) is 3.18. The number of hydrogen-bond donors (Lipinski definition) is 1. The molecule has 0 aliphatic rings. The van der Waals surface area contributed by atoms with E-state index in [0.29, 0.717) is 5.75 Å². The first-order chi connectivity index (χ1) is 14.0. The molecular weight excluding hydrogens is 380 g/mol. The minimum Gasteiger partial charge on any atom is -0.349 e. The number of hydrogen-bond acceptors (Lipinski definition) is 4. The molecular formula is C23H28N4OS. The van der Waals surface area contributed by atoms with E-state index in [2.05, 4.69) is 71.2 Å². The van der Waals surface area contributed by atoms with Crippen LogP contribution in [0.2, 0.25) is 0 Å². The zero-order valence-electron chi connectivity index (χ0n) is 17.5. The highest BCUT2D eigenvalue weighted by molar-refractivity contribution is 7.99. The lowest BCUT2D eigenvalue weighted by molar-refractivity contribution is -0.119. The summed E-state index contributed by atoms with van der Waals surface area (Å²) >= 11 is 1.43. The van der Waals surface area contributed by atoms with Gasteiger partial charge in [-0.2, -0.15) is 0 Å². The minimum atomic E-state index is -0.0277. The van der Waals surface area contributed by atoms with Gasteiger partial charge in [0.15, 0.2) is 5.16 Å². The van der Waals surface area contributed by atoms with Gasteiger partial charge in [-0.25, -0.2) is 0 Å². The van der Waals surface area contributed by atoms with Crippen molar-refractivity contribution in [3.8, 4) is 0 Å². The summed E-state index contributed by atoms with van der Waals surface area (Å²) in [5.41, 5.74) is 4.81. The molecule has 1 heterocycles. The Kier molecular flexibility index (Phi) is 7.09. The highest BCUT2D eigenvalue weighted by Crippen LogP contribution is 2.20. The third kappa shape index (κ3) is 5.48. The molecule has 29 heavy (non-hydrogen) atoms. The van der Waals surface area contributed by atoms with Crippen molar-refractivity contribution in [2.75, 3.05) is 5.75 Å². The van der Waals surface area contributed by atoms with Gasteiger partial charge in [-0.1, -0.05) is 60.3 Å². The average molecular weight is 409 g/mol. The van der Waals surface area contributed by atoms with Crippen molar-refractivity contribution < 1.29 is 4.79 Å². The van der Waals surface area contributed by atoms with E-state index in [9.17, 15) is 4.79 Å². The monoisotopic (exact) mass is 408 g/mol. The van der Waals surface area contributed by atoms with Crippen LogP contribution >= 0.6 is 11.8 Å². The first-order valence-corrected chi connectivity index (χ1v) is 10.9. The lowest BCUT2D eigenvalue weighted by atomic mass is 10.0.